The summed E-state index contributed by atoms with van der Waals surface area (Å²) in [7, 11) is 0. The third-order valence-corrected chi connectivity index (χ3v) is 2.91. The molecule has 0 amide bonds. The van der Waals surface area contributed by atoms with E-state index in [-0.39, 0.29) is 5.54 Å². The van der Waals surface area contributed by atoms with Gasteiger partial charge in [0.25, 0.3) is 0 Å². The molecule has 1 atom stereocenters. The van der Waals surface area contributed by atoms with Crippen molar-refractivity contribution >= 4 is 0 Å². The minimum Gasteiger partial charge on any atom is -0.390 e. The van der Waals surface area contributed by atoms with E-state index in [0.717, 1.165) is 25.1 Å². The molecule has 1 aromatic rings. The number of aromatic nitrogens is 2. The van der Waals surface area contributed by atoms with E-state index in [4.69, 9.17) is 0 Å². The zero-order valence-electron chi connectivity index (χ0n) is 12.3. The summed E-state index contributed by atoms with van der Waals surface area (Å²) < 4.78 is 1.89. The molecule has 4 nitrogen and oxygen atoms in total. The molecule has 0 radical (unpaired) electrons. The van der Waals surface area contributed by atoms with Crippen molar-refractivity contribution in [1.82, 2.24) is 15.1 Å². The Morgan fingerprint density at radius 1 is 1.33 bits per heavy atom. The van der Waals surface area contributed by atoms with E-state index in [1.54, 1.807) is 0 Å². The van der Waals surface area contributed by atoms with Crippen molar-refractivity contribution in [2.24, 2.45) is 0 Å². The van der Waals surface area contributed by atoms with Gasteiger partial charge < -0.3 is 10.4 Å². The molecule has 0 fully saturated rings. The van der Waals surface area contributed by atoms with Gasteiger partial charge in [0.2, 0.25) is 0 Å². The van der Waals surface area contributed by atoms with Crippen LogP contribution in [0.3, 0.4) is 0 Å². The fourth-order valence-corrected chi connectivity index (χ4v) is 1.91. The molecule has 0 aliphatic carbocycles. The van der Waals surface area contributed by atoms with Crippen molar-refractivity contribution < 1.29 is 5.11 Å². The third-order valence-electron chi connectivity index (χ3n) is 2.91. The molecule has 1 heterocycles. The lowest BCUT2D eigenvalue weighted by Gasteiger charge is -2.26. The number of aryl methyl sites for hydroxylation is 1. The van der Waals surface area contributed by atoms with Crippen LogP contribution in [0.15, 0.2) is 12.4 Å². The summed E-state index contributed by atoms with van der Waals surface area (Å²) >= 11 is 0. The van der Waals surface area contributed by atoms with Gasteiger partial charge in [-0.25, -0.2) is 0 Å². The molecule has 1 rings (SSSR count). The molecule has 1 unspecified atom stereocenters. The number of nitrogens with zero attached hydrogens (tertiary/aromatic N) is 2. The zero-order chi connectivity index (χ0) is 13.8. The molecule has 0 aliphatic heterocycles. The Morgan fingerprint density at radius 3 is 2.50 bits per heavy atom. The van der Waals surface area contributed by atoms with Crippen LogP contribution in [0.1, 0.15) is 46.6 Å². The lowest BCUT2D eigenvalue weighted by molar-refractivity contribution is 0.0499. The summed E-state index contributed by atoms with van der Waals surface area (Å²) in [6.45, 7) is 12.0. The van der Waals surface area contributed by atoms with Crippen molar-refractivity contribution in [3.05, 3.63) is 18.0 Å². The molecule has 0 aromatic carbocycles. The van der Waals surface area contributed by atoms with Gasteiger partial charge in [-0.15, -0.1) is 0 Å². The van der Waals surface area contributed by atoms with E-state index < -0.39 is 5.60 Å². The minimum absolute atomic E-state index is 0.100. The molecule has 0 saturated carbocycles. The maximum absolute atomic E-state index is 10.4. The predicted molar refractivity (Wildman–Crippen MR) is 74.6 cm³/mol. The lowest BCUT2D eigenvalue weighted by Crippen LogP contribution is -2.40. The van der Waals surface area contributed by atoms with E-state index in [1.165, 1.54) is 0 Å². The van der Waals surface area contributed by atoms with Crippen LogP contribution in [0.2, 0.25) is 0 Å². The van der Waals surface area contributed by atoms with Crippen LogP contribution >= 0.6 is 0 Å². The Bertz CT molecular complexity index is 363. The highest BCUT2D eigenvalue weighted by Crippen LogP contribution is 2.16. The Hall–Kier alpha value is -0.870. The van der Waals surface area contributed by atoms with Crippen LogP contribution in [0.5, 0.6) is 0 Å². The van der Waals surface area contributed by atoms with E-state index in [1.807, 2.05) is 24.0 Å². The first-order valence-electron chi connectivity index (χ1n) is 6.70. The summed E-state index contributed by atoms with van der Waals surface area (Å²) in [5.41, 5.74) is 0.515. The maximum Gasteiger partial charge on any atom is 0.0673 e. The SMILES string of the molecule is CCn1cc(CC(C)(O)CCNC(C)(C)C)cn1. The van der Waals surface area contributed by atoms with Crippen molar-refractivity contribution in [3.8, 4) is 0 Å². The van der Waals surface area contributed by atoms with Gasteiger partial charge in [0.05, 0.1) is 11.8 Å². The van der Waals surface area contributed by atoms with Gasteiger partial charge in [-0.2, -0.15) is 5.10 Å². The molecular formula is C14H27N3O. The molecule has 2 N–H and O–H groups in total. The fraction of sp³-hybridized carbons (Fsp3) is 0.786. The van der Waals surface area contributed by atoms with Gasteiger partial charge in [-0.05, 0) is 53.1 Å². The first-order valence-corrected chi connectivity index (χ1v) is 6.70. The second-order valence-corrected chi connectivity index (χ2v) is 6.30. The standard InChI is InChI=1S/C14H27N3O/c1-6-17-11-12(10-16-17)9-14(5,18)7-8-15-13(2,3)4/h10-11,15,18H,6-9H2,1-5H3. The second kappa shape index (κ2) is 5.85. The number of rotatable bonds is 6. The Balaban J connectivity index is 2.43. The molecule has 1 aromatic heterocycles. The number of hydrogen-bond acceptors (Lipinski definition) is 3. The van der Waals surface area contributed by atoms with Crippen LogP contribution in [0.25, 0.3) is 0 Å². The van der Waals surface area contributed by atoms with Crippen LogP contribution in [0, 0.1) is 0 Å². The molecule has 0 saturated heterocycles. The van der Waals surface area contributed by atoms with Crippen molar-refractivity contribution in [1.29, 1.82) is 0 Å². The van der Waals surface area contributed by atoms with Gasteiger partial charge >= 0.3 is 0 Å². The summed E-state index contributed by atoms with van der Waals surface area (Å²) in [6, 6.07) is 0. The predicted octanol–water partition coefficient (Wildman–Crippen LogP) is 1.97. The Kier molecular flexibility index (Phi) is 4.93. The summed E-state index contributed by atoms with van der Waals surface area (Å²) in [6.07, 6.45) is 5.24. The van der Waals surface area contributed by atoms with Gasteiger partial charge in [-0.3, -0.25) is 4.68 Å². The molecule has 4 heteroatoms. The highest BCUT2D eigenvalue weighted by Gasteiger charge is 2.22. The van der Waals surface area contributed by atoms with Crippen molar-refractivity contribution in [2.45, 2.75) is 65.1 Å². The zero-order valence-corrected chi connectivity index (χ0v) is 12.3. The van der Waals surface area contributed by atoms with E-state index >= 15 is 0 Å². The van der Waals surface area contributed by atoms with Crippen molar-refractivity contribution in [3.63, 3.8) is 0 Å². The van der Waals surface area contributed by atoms with Crippen LogP contribution < -0.4 is 5.32 Å². The van der Waals surface area contributed by atoms with Gasteiger partial charge in [0, 0.05) is 24.7 Å². The fourth-order valence-electron chi connectivity index (χ4n) is 1.91. The quantitative estimate of drug-likeness (QED) is 0.815. The average Bonchev–Trinajstić information content (AvgIpc) is 2.62. The van der Waals surface area contributed by atoms with Gasteiger partial charge in [0.15, 0.2) is 0 Å². The molecule has 0 aliphatic rings. The number of nitrogens with one attached hydrogen (secondary N) is 1. The number of hydrogen-bond donors (Lipinski definition) is 2. The largest absolute Gasteiger partial charge is 0.390 e. The van der Waals surface area contributed by atoms with Gasteiger partial charge in [0.1, 0.15) is 0 Å². The molecular weight excluding hydrogens is 226 g/mol. The second-order valence-electron chi connectivity index (χ2n) is 6.30. The highest BCUT2D eigenvalue weighted by atomic mass is 16.3. The maximum atomic E-state index is 10.4. The Labute approximate surface area is 110 Å². The van der Waals surface area contributed by atoms with Crippen molar-refractivity contribution in [2.75, 3.05) is 6.54 Å². The lowest BCUT2D eigenvalue weighted by atomic mass is 9.94. The molecule has 0 spiro atoms. The van der Waals surface area contributed by atoms with Gasteiger partial charge in [-0.1, -0.05) is 0 Å². The smallest absolute Gasteiger partial charge is 0.0673 e. The van der Waals surface area contributed by atoms with Crippen LogP contribution in [0.4, 0.5) is 0 Å². The summed E-state index contributed by atoms with van der Waals surface area (Å²) in [5.74, 6) is 0. The molecule has 18 heavy (non-hydrogen) atoms. The molecule has 0 bridgehead atoms. The van der Waals surface area contributed by atoms with E-state index in [0.29, 0.717) is 6.42 Å². The summed E-state index contributed by atoms with van der Waals surface area (Å²) in [5, 5.41) is 18.0. The molecule has 104 valence electrons. The Morgan fingerprint density at radius 2 is 2.00 bits per heavy atom. The summed E-state index contributed by atoms with van der Waals surface area (Å²) in [4.78, 5) is 0. The topological polar surface area (TPSA) is 50.1 Å². The monoisotopic (exact) mass is 253 g/mol. The van der Waals surface area contributed by atoms with E-state index in [9.17, 15) is 5.11 Å². The first kappa shape index (κ1) is 15.2. The van der Waals surface area contributed by atoms with E-state index in [2.05, 4.69) is 38.1 Å². The highest BCUT2D eigenvalue weighted by molar-refractivity contribution is 5.07. The van der Waals surface area contributed by atoms with Crippen LogP contribution in [-0.2, 0) is 13.0 Å². The third kappa shape index (κ3) is 5.65. The normalized spacial score (nSPS) is 15.7. The average molecular weight is 253 g/mol. The number of aliphatic hydroxyl groups is 1. The minimum atomic E-state index is -0.681. The van der Waals surface area contributed by atoms with Crippen LogP contribution in [-0.4, -0.2) is 32.6 Å². The first-order chi connectivity index (χ1) is 8.22.